The third-order valence-electron chi connectivity index (χ3n) is 16.2. The molecule has 4 unspecified atom stereocenters. The first-order valence-electron chi connectivity index (χ1n) is 31.7. The Hall–Kier alpha value is -2.70. The number of aliphatic hydroxyl groups excluding tert-OH is 19. The summed E-state index contributed by atoms with van der Waals surface area (Å²) in [5, 5.41) is 199. The average Bonchev–Trinajstić information content (AvgIpc) is 3.34. The Bertz CT molecular complexity index is 1710. The third kappa shape index (κ3) is 32.1. The van der Waals surface area contributed by atoms with Crippen LogP contribution in [0.25, 0.3) is 0 Å². The maximum atomic E-state index is 11.2. The monoisotopic (exact) mass is 1230 g/mol. The summed E-state index contributed by atoms with van der Waals surface area (Å²) in [4.78, 5) is 0. The molecular weight excluding hydrogens is 1120 g/mol. The summed E-state index contributed by atoms with van der Waals surface area (Å²) in [7, 11) is 0. The fraction of sp³-hybridized carbons (Fsp3) is 0.902. The fourth-order valence-corrected chi connectivity index (χ4v) is 10.6. The number of aliphatic hydroxyl groups is 19. The predicted octanol–water partition coefficient (Wildman–Crippen LogP) is 6.35. The highest BCUT2D eigenvalue weighted by Crippen LogP contribution is 2.40. The Kier molecular flexibility index (Phi) is 44.7. The molecule has 1 aliphatic heterocycles. The normalized spacial score (nSPS) is 21.6. The Balaban J connectivity index is 3.96. The summed E-state index contributed by atoms with van der Waals surface area (Å²) < 4.78 is 29.5. The fourth-order valence-electron chi connectivity index (χ4n) is 10.6. The van der Waals surface area contributed by atoms with Gasteiger partial charge in [0.15, 0.2) is 40.8 Å². The van der Waals surface area contributed by atoms with Crippen molar-refractivity contribution in [1.82, 2.24) is 0 Å². The number of rotatable bonds is 55. The Labute approximate surface area is 504 Å². The molecule has 1 saturated heterocycles. The van der Waals surface area contributed by atoms with Gasteiger partial charge in [-0.05, 0) is 25.7 Å². The molecule has 1 fully saturated rings. The lowest BCUT2D eigenvalue weighted by Gasteiger charge is -2.42. The van der Waals surface area contributed by atoms with Crippen molar-refractivity contribution in [3.63, 3.8) is 0 Å². The van der Waals surface area contributed by atoms with Crippen LogP contribution in [0.1, 0.15) is 219 Å². The first-order chi connectivity index (χ1) is 40.6. The minimum atomic E-state index is -2.27. The van der Waals surface area contributed by atoms with E-state index >= 15 is 0 Å². The second-order valence-electron chi connectivity index (χ2n) is 23.5. The molecular formula is C61H116O24. The van der Waals surface area contributed by atoms with Gasteiger partial charge in [0.25, 0.3) is 0 Å². The lowest BCUT2D eigenvalue weighted by atomic mass is 9.74. The van der Waals surface area contributed by atoms with Crippen molar-refractivity contribution in [2.45, 2.75) is 287 Å². The zero-order chi connectivity index (χ0) is 63.6. The summed E-state index contributed by atoms with van der Waals surface area (Å²) >= 11 is 0. The van der Waals surface area contributed by atoms with Crippen LogP contribution in [-0.4, -0.2) is 218 Å². The second kappa shape index (κ2) is 47.3. The van der Waals surface area contributed by atoms with Gasteiger partial charge < -0.3 is 121 Å². The van der Waals surface area contributed by atoms with E-state index in [1.165, 1.54) is 57.8 Å². The van der Waals surface area contributed by atoms with Crippen molar-refractivity contribution in [2.75, 3.05) is 52.9 Å². The summed E-state index contributed by atoms with van der Waals surface area (Å²) in [5.41, 5.74) is -2.61. The summed E-state index contributed by atoms with van der Waals surface area (Å²) in [6.07, 6.45) is 3.24. The molecule has 0 aliphatic carbocycles. The van der Waals surface area contributed by atoms with Crippen LogP contribution in [0.5, 0.6) is 0 Å². The molecule has 504 valence electrons. The highest BCUT2D eigenvalue weighted by atomic mass is 16.7. The molecule has 19 N–H and O–H groups in total. The topological polar surface area (TPSA) is 431 Å². The van der Waals surface area contributed by atoms with Crippen molar-refractivity contribution in [2.24, 2.45) is 10.8 Å². The smallest absolute Gasteiger partial charge is 0.217 e. The van der Waals surface area contributed by atoms with E-state index < -0.39 is 179 Å². The molecule has 0 radical (unpaired) electrons. The number of hydrogen-bond donors (Lipinski definition) is 19. The van der Waals surface area contributed by atoms with Crippen LogP contribution in [-0.2, 0) is 23.7 Å². The van der Waals surface area contributed by atoms with Gasteiger partial charge in [-0.1, -0.05) is 174 Å². The van der Waals surface area contributed by atoms with Crippen LogP contribution in [0.4, 0.5) is 0 Å². The standard InChI is InChI=1S/C61H116O24/c1-3-5-7-9-11-13-15-17-19-21-23-25-31-60(39-81-56(78)52(74)47(69)43(66)28-35-62,40-82-57(79)53(75)48(70)44(67)29-36-63)33-27-34-61(41-83-58(80)54(76)49(71)45(68)30-37-64,32-26-24-22-20-18-16-14-12-10-8-6-4-2)42-84-59-55(77)51(73)50(72)46(38-65)85-59/h43-46,50-51,55-59,62-80H,3-42H2,1-2H3/b52-47-,53-48-,54-49+/t43-,44-,45-,46?,50-,51?,55?,56+,57+,58+,59-,61?/m1/s1. The first-order valence-corrected chi connectivity index (χ1v) is 31.7. The lowest BCUT2D eigenvalue weighted by Crippen LogP contribution is -2.59. The molecule has 1 aliphatic rings. The van der Waals surface area contributed by atoms with Gasteiger partial charge in [-0.25, -0.2) is 0 Å². The van der Waals surface area contributed by atoms with Gasteiger partial charge in [0.1, 0.15) is 42.7 Å². The highest BCUT2D eigenvalue weighted by Gasteiger charge is 2.46. The van der Waals surface area contributed by atoms with E-state index in [2.05, 4.69) is 13.8 Å². The molecule has 24 heteroatoms. The highest BCUT2D eigenvalue weighted by molar-refractivity contribution is 5.08. The molecule has 0 spiro atoms. The van der Waals surface area contributed by atoms with Gasteiger partial charge in [0.05, 0.1) is 33.0 Å². The van der Waals surface area contributed by atoms with E-state index in [-0.39, 0.29) is 38.7 Å². The molecule has 24 nitrogen and oxygen atoms in total. The van der Waals surface area contributed by atoms with Crippen LogP contribution >= 0.6 is 0 Å². The zero-order valence-corrected chi connectivity index (χ0v) is 51.2. The van der Waals surface area contributed by atoms with Gasteiger partial charge >= 0.3 is 0 Å². The molecule has 0 aromatic carbocycles. The first kappa shape index (κ1) is 80.3. The van der Waals surface area contributed by atoms with E-state index in [4.69, 9.17) is 23.7 Å². The van der Waals surface area contributed by atoms with Crippen molar-refractivity contribution >= 4 is 0 Å². The molecule has 85 heavy (non-hydrogen) atoms. The van der Waals surface area contributed by atoms with Gasteiger partial charge in [0, 0.05) is 49.9 Å². The molecule has 0 amide bonds. The number of ether oxygens (including phenoxy) is 5. The number of unbranched alkanes of at least 4 members (excludes halogenated alkanes) is 22. The quantitative estimate of drug-likeness (QED) is 0.0179. The van der Waals surface area contributed by atoms with Gasteiger partial charge in [-0.3, -0.25) is 0 Å². The molecule has 0 saturated carbocycles. The molecule has 1 heterocycles. The molecule has 0 aromatic rings. The zero-order valence-electron chi connectivity index (χ0n) is 51.2. The lowest BCUT2D eigenvalue weighted by molar-refractivity contribution is -0.308. The van der Waals surface area contributed by atoms with Crippen LogP contribution in [0.2, 0.25) is 0 Å². The molecule has 0 aromatic heterocycles. The Morgan fingerprint density at radius 2 is 0.647 bits per heavy atom. The van der Waals surface area contributed by atoms with E-state index in [1.807, 2.05) is 0 Å². The van der Waals surface area contributed by atoms with E-state index in [9.17, 15) is 97.0 Å². The van der Waals surface area contributed by atoms with E-state index in [0.29, 0.717) is 25.7 Å². The number of hydrogen-bond acceptors (Lipinski definition) is 24. The van der Waals surface area contributed by atoms with Gasteiger partial charge in [-0.15, -0.1) is 0 Å². The maximum absolute atomic E-state index is 11.2. The van der Waals surface area contributed by atoms with Crippen molar-refractivity contribution < 1.29 is 121 Å². The molecule has 12 atom stereocenters. The molecule has 1 rings (SSSR count). The summed E-state index contributed by atoms with van der Waals surface area (Å²) in [6.45, 7) is -0.0675. The maximum Gasteiger partial charge on any atom is 0.217 e. The van der Waals surface area contributed by atoms with E-state index in [0.717, 1.165) is 70.6 Å². The molecule has 0 bridgehead atoms. The van der Waals surface area contributed by atoms with Gasteiger partial charge in [-0.2, -0.15) is 0 Å². The van der Waals surface area contributed by atoms with Crippen LogP contribution in [0.3, 0.4) is 0 Å². The van der Waals surface area contributed by atoms with Crippen LogP contribution in [0.15, 0.2) is 34.6 Å². The minimum absolute atomic E-state index is 0.0275. The summed E-state index contributed by atoms with van der Waals surface area (Å²) in [6, 6.07) is 0. The SMILES string of the molecule is CCCCCCCCCCCCCCC(CCCC(CCCCCCCCCCCCCC)(CO[C@@H]1OC(CO)[C@@H](O)C(O)C1O)CO[C@H](O)/C(O)=C(\O)[C@H](O)CCO)(CO[C@H](O)/C(O)=C(/O)[C@H](O)CCO)CO[C@H](O)/C(O)=C(/O)[C@H](O)CCO. The Morgan fingerprint density at radius 3 is 0.941 bits per heavy atom. The van der Waals surface area contributed by atoms with E-state index in [1.54, 1.807) is 0 Å². The average molecular weight is 1230 g/mol. The van der Waals surface area contributed by atoms with Crippen molar-refractivity contribution in [1.29, 1.82) is 0 Å². The largest absolute Gasteiger partial charge is 0.506 e. The van der Waals surface area contributed by atoms with Crippen molar-refractivity contribution in [3.8, 4) is 0 Å². The minimum Gasteiger partial charge on any atom is -0.506 e. The third-order valence-corrected chi connectivity index (χ3v) is 16.2. The van der Waals surface area contributed by atoms with Crippen LogP contribution in [0, 0.1) is 10.8 Å². The predicted molar refractivity (Wildman–Crippen MR) is 316 cm³/mol. The van der Waals surface area contributed by atoms with Crippen LogP contribution < -0.4 is 0 Å². The second-order valence-corrected chi connectivity index (χ2v) is 23.5. The summed E-state index contributed by atoms with van der Waals surface area (Å²) in [5.74, 6) is -6.70. The van der Waals surface area contributed by atoms with Gasteiger partial charge in [0.2, 0.25) is 18.9 Å². The Morgan fingerprint density at radius 1 is 0.365 bits per heavy atom. The van der Waals surface area contributed by atoms with Crippen molar-refractivity contribution in [3.05, 3.63) is 34.6 Å².